The van der Waals surface area contributed by atoms with E-state index in [9.17, 15) is 13.6 Å². The maximum absolute atomic E-state index is 12.4. The summed E-state index contributed by atoms with van der Waals surface area (Å²) in [6.45, 7) is 1.43. The van der Waals surface area contributed by atoms with E-state index in [0.29, 0.717) is 5.82 Å². The molecular formula is C12H18F2N4O2. The Morgan fingerprint density at radius 1 is 1.45 bits per heavy atom. The molecule has 0 spiro atoms. The molecule has 0 unspecified atom stereocenters. The molecule has 0 aliphatic heterocycles. The molecule has 0 fully saturated rings. The van der Waals surface area contributed by atoms with Crippen LogP contribution in [0.1, 0.15) is 23.8 Å². The summed E-state index contributed by atoms with van der Waals surface area (Å²) in [6, 6.07) is 0. The molecule has 112 valence electrons. The molecule has 0 aliphatic carbocycles. The van der Waals surface area contributed by atoms with Crippen LogP contribution in [0.25, 0.3) is 0 Å². The highest BCUT2D eigenvalue weighted by Crippen LogP contribution is 2.06. The van der Waals surface area contributed by atoms with Crippen molar-refractivity contribution in [1.82, 2.24) is 14.9 Å². The van der Waals surface area contributed by atoms with E-state index in [1.165, 1.54) is 12.4 Å². The molecule has 0 saturated heterocycles. The summed E-state index contributed by atoms with van der Waals surface area (Å²) in [6.07, 6.45) is 0.864. The van der Waals surface area contributed by atoms with Crippen LogP contribution < -0.4 is 5.32 Å². The number of aliphatic hydroxyl groups is 1. The van der Waals surface area contributed by atoms with Crippen molar-refractivity contribution < 1.29 is 18.7 Å². The van der Waals surface area contributed by atoms with Crippen LogP contribution in [0.2, 0.25) is 0 Å². The number of alkyl halides is 2. The third-order valence-electron chi connectivity index (χ3n) is 2.44. The van der Waals surface area contributed by atoms with Gasteiger partial charge >= 0.3 is 0 Å². The monoisotopic (exact) mass is 288 g/mol. The number of hydrogen-bond acceptors (Lipinski definition) is 5. The van der Waals surface area contributed by atoms with E-state index in [1.54, 1.807) is 0 Å². The number of aliphatic hydroxyl groups excluding tert-OH is 1. The van der Waals surface area contributed by atoms with Gasteiger partial charge in [-0.05, 0) is 6.42 Å². The molecule has 8 heteroatoms. The van der Waals surface area contributed by atoms with Crippen molar-refractivity contribution in [2.75, 3.05) is 31.6 Å². The summed E-state index contributed by atoms with van der Waals surface area (Å²) in [4.78, 5) is 20.7. The lowest BCUT2D eigenvalue weighted by molar-refractivity contribution is 0.0504. The fourth-order valence-electron chi connectivity index (χ4n) is 1.51. The number of nitrogens with zero attached hydrogens (tertiary/aromatic N) is 3. The average molecular weight is 288 g/mol. The van der Waals surface area contributed by atoms with Crippen LogP contribution in [0.3, 0.4) is 0 Å². The summed E-state index contributed by atoms with van der Waals surface area (Å²) in [7, 11) is 0. The zero-order valence-corrected chi connectivity index (χ0v) is 11.2. The van der Waals surface area contributed by atoms with Crippen molar-refractivity contribution in [3.63, 3.8) is 0 Å². The SMILES string of the molecule is CCCNc1cnc(C(=O)N(CCO)CC(F)F)cn1. The lowest BCUT2D eigenvalue weighted by atomic mass is 10.3. The quantitative estimate of drug-likeness (QED) is 0.746. The second-order valence-corrected chi connectivity index (χ2v) is 4.08. The molecule has 1 rings (SSSR count). The van der Waals surface area contributed by atoms with E-state index >= 15 is 0 Å². The molecule has 0 atom stereocenters. The molecule has 0 aromatic carbocycles. The van der Waals surface area contributed by atoms with Crippen LogP contribution in [0.5, 0.6) is 0 Å². The van der Waals surface area contributed by atoms with E-state index < -0.39 is 18.9 Å². The van der Waals surface area contributed by atoms with E-state index in [1.807, 2.05) is 6.92 Å². The van der Waals surface area contributed by atoms with Crippen molar-refractivity contribution in [3.8, 4) is 0 Å². The molecule has 0 saturated carbocycles. The van der Waals surface area contributed by atoms with Gasteiger partial charge < -0.3 is 15.3 Å². The first-order valence-corrected chi connectivity index (χ1v) is 6.32. The van der Waals surface area contributed by atoms with Crippen LogP contribution in [0, 0.1) is 0 Å². The Balaban J connectivity index is 2.73. The molecule has 1 amide bonds. The van der Waals surface area contributed by atoms with Crippen molar-refractivity contribution in [2.45, 2.75) is 19.8 Å². The molecule has 0 bridgehead atoms. The Morgan fingerprint density at radius 2 is 2.20 bits per heavy atom. The molecular weight excluding hydrogens is 270 g/mol. The Kier molecular flexibility index (Phi) is 6.78. The summed E-state index contributed by atoms with van der Waals surface area (Å²) < 4.78 is 24.7. The van der Waals surface area contributed by atoms with Crippen molar-refractivity contribution in [2.24, 2.45) is 0 Å². The second kappa shape index (κ2) is 8.36. The second-order valence-electron chi connectivity index (χ2n) is 4.08. The topological polar surface area (TPSA) is 78.4 Å². The largest absolute Gasteiger partial charge is 0.395 e. The van der Waals surface area contributed by atoms with Gasteiger partial charge in [-0.1, -0.05) is 6.92 Å². The molecule has 0 radical (unpaired) electrons. The molecule has 1 aromatic heterocycles. The van der Waals surface area contributed by atoms with E-state index in [4.69, 9.17) is 5.11 Å². The summed E-state index contributed by atoms with van der Waals surface area (Å²) in [5, 5.41) is 11.8. The van der Waals surface area contributed by atoms with Crippen LogP contribution in [-0.2, 0) is 0 Å². The Labute approximate surface area is 115 Å². The van der Waals surface area contributed by atoms with Gasteiger partial charge in [-0.15, -0.1) is 0 Å². The van der Waals surface area contributed by atoms with E-state index in [2.05, 4.69) is 15.3 Å². The van der Waals surface area contributed by atoms with Crippen molar-refractivity contribution in [3.05, 3.63) is 18.1 Å². The Hall–Kier alpha value is -1.83. The first-order valence-electron chi connectivity index (χ1n) is 6.32. The maximum atomic E-state index is 12.4. The predicted octanol–water partition coefficient (Wildman–Crippen LogP) is 0.998. The van der Waals surface area contributed by atoms with Crippen LogP contribution in [-0.4, -0.2) is 58.5 Å². The number of carbonyl (C=O) groups is 1. The molecule has 1 aromatic rings. The lowest BCUT2D eigenvalue weighted by Gasteiger charge is -2.20. The number of anilines is 1. The highest BCUT2D eigenvalue weighted by molar-refractivity contribution is 5.92. The number of hydrogen-bond donors (Lipinski definition) is 2. The predicted molar refractivity (Wildman–Crippen MR) is 69.8 cm³/mol. The molecule has 0 aliphatic rings. The van der Waals surface area contributed by atoms with Gasteiger partial charge in [0, 0.05) is 13.1 Å². The average Bonchev–Trinajstić information content (AvgIpc) is 2.44. The number of amides is 1. The Bertz CT molecular complexity index is 414. The van der Waals surface area contributed by atoms with E-state index in [0.717, 1.165) is 17.9 Å². The molecule has 2 N–H and O–H groups in total. The van der Waals surface area contributed by atoms with Crippen molar-refractivity contribution >= 4 is 11.7 Å². The van der Waals surface area contributed by atoms with Crippen molar-refractivity contribution in [1.29, 1.82) is 0 Å². The first kappa shape index (κ1) is 16.2. The van der Waals surface area contributed by atoms with Crippen LogP contribution in [0.15, 0.2) is 12.4 Å². The van der Waals surface area contributed by atoms with Gasteiger partial charge in [-0.2, -0.15) is 0 Å². The zero-order chi connectivity index (χ0) is 15.0. The number of carbonyl (C=O) groups excluding carboxylic acids is 1. The van der Waals surface area contributed by atoms with Gasteiger partial charge in [-0.25, -0.2) is 18.7 Å². The number of nitrogens with one attached hydrogen (secondary N) is 1. The molecule has 20 heavy (non-hydrogen) atoms. The minimum Gasteiger partial charge on any atom is -0.395 e. The van der Waals surface area contributed by atoms with Crippen LogP contribution >= 0.6 is 0 Å². The lowest BCUT2D eigenvalue weighted by Crippen LogP contribution is -2.37. The van der Waals surface area contributed by atoms with Gasteiger partial charge in [-0.3, -0.25) is 4.79 Å². The first-order chi connectivity index (χ1) is 9.58. The zero-order valence-electron chi connectivity index (χ0n) is 11.2. The van der Waals surface area contributed by atoms with Gasteiger partial charge in [0.1, 0.15) is 11.5 Å². The standard InChI is InChI=1S/C12H18F2N4O2/c1-2-3-15-11-7-16-9(6-17-11)12(20)18(4-5-19)8-10(13)14/h6-7,10,19H,2-5,8H2,1H3,(H,15,17). The summed E-state index contributed by atoms with van der Waals surface area (Å²) in [5.41, 5.74) is -0.0267. The number of halogens is 2. The van der Waals surface area contributed by atoms with Gasteiger partial charge in [0.25, 0.3) is 12.3 Å². The minimum atomic E-state index is -2.66. The third-order valence-corrected chi connectivity index (χ3v) is 2.44. The van der Waals surface area contributed by atoms with Gasteiger partial charge in [0.15, 0.2) is 0 Å². The normalized spacial score (nSPS) is 10.7. The van der Waals surface area contributed by atoms with Gasteiger partial charge in [0.2, 0.25) is 0 Å². The fourth-order valence-corrected chi connectivity index (χ4v) is 1.51. The minimum absolute atomic E-state index is 0.0267. The highest BCUT2D eigenvalue weighted by atomic mass is 19.3. The summed E-state index contributed by atoms with van der Waals surface area (Å²) in [5.74, 6) is -0.153. The maximum Gasteiger partial charge on any atom is 0.274 e. The Morgan fingerprint density at radius 3 is 2.70 bits per heavy atom. The summed E-state index contributed by atoms with van der Waals surface area (Å²) >= 11 is 0. The molecule has 1 heterocycles. The van der Waals surface area contributed by atoms with Gasteiger partial charge in [0.05, 0.1) is 25.5 Å². The fraction of sp³-hybridized carbons (Fsp3) is 0.583. The smallest absolute Gasteiger partial charge is 0.274 e. The number of rotatable bonds is 8. The number of aromatic nitrogens is 2. The highest BCUT2D eigenvalue weighted by Gasteiger charge is 2.20. The van der Waals surface area contributed by atoms with E-state index in [-0.39, 0.29) is 18.8 Å². The van der Waals surface area contributed by atoms with Crippen LogP contribution in [0.4, 0.5) is 14.6 Å². The molecule has 6 nitrogen and oxygen atoms in total. The third kappa shape index (κ3) is 5.04.